The van der Waals surface area contributed by atoms with Gasteiger partial charge in [-0.2, -0.15) is 0 Å². The molecule has 3 heteroatoms. The lowest BCUT2D eigenvalue weighted by Crippen LogP contribution is -2.08. The number of halogens is 1. The van der Waals surface area contributed by atoms with Gasteiger partial charge in [0.1, 0.15) is 11.3 Å². The molecule has 0 bridgehead atoms. The van der Waals surface area contributed by atoms with Crippen LogP contribution in [-0.2, 0) is 10.3 Å². The lowest BCUT2D eigenvalue weighted by molar-refractivity contribution is 0.294. The Morgan fingerprint density at radius 1 is 1.36 bits per heavy atom. The van der Waals surface area contributed by atoms with Crippen molar-refractivity contribution in [1.29, 1.82) is 0 Å². The Labute approximate surface area is 86.4 Å². The molecule has 1 aromatic carbocycles. The molecule has 1 unspecified atom stereocenters. The Bertz CT molecular complexity index is 438. The number of rotatable bonds is 2. The van der Waals surface area contributed by atoms with Crippen LogP contribution in [-0.4, -0.2) is 12.5 Å². The number of para-hydroxylation sites is 1. The molecule has 0 saturated carbocycles. The fourth-order valence-corrected chi connectivity index (χ4v) is 1.86. The van der Waals surface area contributed by atoms with E-state index in [9.17, 15) is 0 Å². The normalized spacial score (nSPS) is 25.5. The first-order valence-electron chi connectivity index (χ1n) is 4.53. The van der Waals surface area contributed by atoms with E-state index < -0.39 is 0 Å². The summed E-state index contributed by atoms with van der Waals surface area (Å²) in [7, 11) is 0. The van der Waals surface area contributed by atoms with Crippen LogP contribution in [0.15, 0.2) is 34.7 Å². The molecule has 1 aromatic heterocycles. The second-order valence-corrected chi connectivity index (χ2v) is 3.83. The number of ether oxygens (including phenoxy) is 1. The minimum Gasteiger partial charge on any atom is -0.458 e. The van der Waals surface area contributed by atoms with Crippen molar-refractivity contribution in [1.82, 2.24) is 0 Å². The summed E-state index contributed by atoms with van der Waals surface area (Å²) in [4.78, 5) is 0. The third kappa shape index (κ3) is 1.08. The van der Waals surface area contributed by atoms with Crippen molar-refractivity contribution in [2.75, 3.05) is 12.5 Å². The first-order chi connectivity index (χ1) is 6.84. The molecule has 0 amide bonds. The van der Waals surface area contributed by atoms with Crippen LogP contribution in [0.2, 0.25) is 0 Å². The van der Waals surface area contributed by atoms with Crippen molar-refractivity contribution < 1.29 is 9.15 Å². The van der Waals surface area contributed by atoms with Crippen molar-refractivity contribution in [3.63, 3.8) is 0 Å². The van der Waals surface area contributed by atoms with Crippen LogP contribution in [0.5, 0.6) is 0 Å². The summed E-state index contributed by atoms with van der Waals surface area (Å²) in [5.41, 5.74) is 0.545. The van der Waals surface area contributed by atoms with Crippen LogP contribution in [0.1, 0.15) is 5.76 Å². The molecule has 0 spiro atoms. The standard InChI is InChI=1S/C11H9ClO2/c12-6-11(7-13-11)10-5-8-3-1-2-4-9(8)14-10/h1-5H,6-7H2. The molecule has 0 radical (unpaired) electrons. The Balaban J connectivity index is 2.15. The van der Waals surface area contributed by atoms with Crippen molar-refractivity contribution in [2.24, 2.45) is 0 Å². The monoisotopic (exact) mass is 208 g/mol. The van der Waals surface area contributed by atoms with Crippen LogP contribution in [0, 0.1) is 0 Å². The quantitative estimate of drug-likeness (QED) is 0.560. The van der Waals surface area contributed by atoms with Gasteiger partial charge in [0.05, 0.1) is 12.5 Å². The highest BCUT2D eigenvalue weighted by Crippen LogP contribution is 2.41. The fourth-order valence-electron chi connectivity index (χ4n) is 1.58. The van der Waals surface area contributed by atoms with Gasteiger partial charge in [0.15, 0.2) is 5.60 Å². The zero-order chi connectivity index (χ0) is 9.60. The predicted octanol–water partition coefficient (Wildman–Crippen LogP) is 2.90. The number of benzene rings is 1. The van der Waals surface area contributed by atoms with E-state index in [1.54, 1.807) is 0 Å². The van der Waals surface area contributed by atoms with Crippen LogP contribution in [0.3, 0.4) is 0 Å². The molecular weight excluding hydrogens is 200 g/mol. The van der Waals surface area contributed by atoms with Crippen molar-refractivity contribution >= 4 is 22.6 Å². The largest absolute Gasteiger partial charge is 0.458 e. The highest BCUT2D eigenvalue weighted by Gasteiger charge is 2.48. The van der Waals surface area contributed by atoms with Gasteiger partial charge in [0.2, 0.25) is 0 Å². The molecule has 3 rings (SSSR count). The molecular formula is C11H9ClO2. The van der Waals surface area contributed by atoms with Gasteiger partial charge < -0.3 is 9.15 Å². The van der Waals surface area contributed by atoms with Crippen molar-refractivity contribution in [3.8, 4) is 0 Å². The first-order valence-corrected chi connectivity index (χ1v) is 5.06. The highest BCUT2D eigenvalue weighted by atomic mass is 35.5. The maximum atomic E-state index is 5.83. The molecule has 72 valence electrons. The van der Waals surface area contributed by atoms with Crippen molar-refractivity contribution in [3.05, 3.63) is 36.1 Å². The van der Waals surface area contributed by atoms with Crippen LogP contribution in [0.25, 0.3) is 11.0 Å². The van der Waals surface area contributed by atoms with Crippen molar-refractivity contribution in [2.45, 2.75) is 5.60 Å². The molecule has 0 N–H and O–H groups in total. The lowest BCUT2D eigenvalue weighted by atomic mass is 10.1. The molecule has 0 aliphatic carbocycles. The number of fused-ring (bicyclic) bond motifs is 1. The predicted molar refractivity (Wildman–Crippen MR) is 54.6 cm³/mol. The van der Waals surface area contributed by atoms with Gasteiger partial charge in [0, 0.05) is 5.39 Å². The topological polar surface area (TPSA) is 25.7 Å². The average molecular weight is 209 g/mol. The molecule has 2 heterocycles. The van der Waals surface area contributed by atoms with E-state index in [0.717, 1.165) is 16.7 Å². The third-order valence-corrected chi connectivity index (χ3v) is 3.01. The summed E-state index contributed by atoms with van der Waals surface area (Å²) in [6, 6.07) is 9.92. The fraction of sp³-hybridized carbons (Fsp3) is 0.273. The smallest absolute Gasteiger partial charge is 0.162 e. The van der Waals surface area contributed by atoms with Gasteiger partial charge in [-0.15, -0.1) is 11.6 Å². The second-order valence-electron chi connectivity index (χ2n) is 3.57. The Morgan fingerprint density at radius 3 is 2.79 bits per heavy atom. The van der Waals surface area contributed by atoms with Gasteiger partial charge in [-0.3, -0.25) is 0 Å². The zero-order valence-corrected chi connectivity index (χ0v) is 8.25. The summed E-state index contributed by atoms with van der Waals surface area (Å²) < 4.78 is 11.0. The molecule has 1 fully saturated rings. The summed E-state index contributed by atoms with van der Waals surface area (Å²) in [6.45, 7) is 0.663. The summed E-state index contributed by atoms with van der Waals surface area (Å²) >= 11 is 5.83. The molecule has 2 aromatic rings. The number of hydrogen-bond donors (Lipinski definition) is 0. The van der Waals surface area contributed by atoms with Gasteiger partial charge in [-0.25, -0.2) is 0 Å². The summed E-state index contributed by atoms with van der Waals surface area (Å²) in [6.07, 6.45) is 0. The summed E-state index contributed by atoms with van der Waals surface area (Å²) in [5, 5.41) is 1.10. The van der Waals surface area contributed by atoms with Gasteiger partial charge >= 0.3 is 0 Å². The van der Waals surface area contributed by atoms with E-state index in [4.69, 9.17) is 20.8 Å². The van der Waals surface area contributed by atoms with E-state index in [-0.39, 0.29) is 5.60 Å². The number of epoxide rings is 1. The van der Waals surface area contributed by atoms with Crippen LogP contribution < -0.4 is 0 Å². The number of furan rings is 1. The Kier molecular flexibility index (Phi) is 1.64. The van der Waals surface area contributed by atoms with E-state index >= 15 is 0 Å². The SMILES string of the molecule is ClCC1(c2cc3ccccc3o2)CO1. The highest BCUT2D eigenvalue weighted by molar-refractivity contribution is 6.18. The minimum atomic E-state index is -0.347. The zero-order valence-electron chi connectivity index (χ0n) is 7.50. The molecule has 1 aliphatic heterocycles. The molecule has 14 heavy (non-hydrogen) atoms. The summed E-state index contributed by atoms with van der Waals surface area (Å²) in [5.74, 6) is 1.29. The van der Waals surface area contributed by atoms with Crippen LogP contribution >= 0.6 is 11.6 Å². The third-order valence-electron chi connectivity index (χ3n) is 2.58. The molecule has 1 saturated heterocycles. The minimum absolute atomic E-state index is 0.347. The lowest BCUT2D eigenvalue weighted by Gasteiger charge is -2.01. The van der Waals surface area contributed by atoms with Gasteiger partial charge in [0.25, 0.3) is 0 Å². The van der Waals surface area contributed by atoms with Gasteiger partial charge in [-0.05, 0) is 12.1 Å². The van der Waals surface area contributed by atoms with Gasteiger partial charge in [-0.1, -0.05) is 18.2 Å². The van der Waals surface area contributed by atoms with E-state index in [0.29, 0.717) is 12.5 Å². The molecule has 1 aliphatic rings. The molecule has 2 nitrogen and oxygen atoms in total. The van der Waals surface area contributed by atoms with E-state index in [1.165, 1.54) is 0 Å². The maximum Gasteiger partial charge on any atom is 0.162 e. The van der Waals surface area contributed by atoms with E-state index in [2.05, 4.69) is 0 Å². The number of hydrogen-bond acceptors (Lipinski definition) is 2. The Hall–Kier alpha value is -0.990. The van der Waals surface area contributed by atoms with E-state index in [1.807, 2.05) is 30.3 Å². The van der Waals surface area contributed by atoms with Crippen LogP contribution in [0.4, 0.5) is 0 Å². The Morgan fingerprint density at radius 2 is 2.14 bits per heavy atom. The number of alkyl halides is 1. The average Bonchev–Trinajstić information content (AvgIpc) is 2.91. The maximum absolute atomic E-state index is 5.83. The molecule has 1 atom stereocenters. The first kappa shape index (κ1) is 8.33. The second kappa shape index (κ2) is 2.75.